The van der Waals surface area contributed by atoms with Crippen LogP contribution in [0, 0.1) is 0 Å². The highest BCUT2D eigenvalue weighted by atomic mass is 32.1. The molecule has 9 heteroatoms. The normalized spacial score (nSPS) is 18.5. The monoisotopic (exact) mass is 443 g/mol. The number of carbonyl (C=O) groups excluding carboxylic acids is 1. The number of aliphatic hydroxyl groups excluding tert-OH is 1. The summed E-state index contributed by atoms with van der Waals surface area (Å²) < 4.78 is 16.8. The number of aromatic nitrogens is 2. The quantitative estimate of drug-likeness (QED) is 0.416. The molecule has 1 amide bonds. The van der Waals surface area contributed by atoms with Crippen molar-refractivity contribution in [2.24, 2.45) is 0 Å². The Kier molecular flexibility index (Phi) is 7.31. The highest BCUT2D eigenvalue weighted by Gasteiger charge is 2.29. The maximum atomic E-state index is 12.8. The third kappa shape index (κ3) is 5.71. The number of benzene rings is 1. The number of imidazole rings is 1. The Labute approximate surface area is 183 Å². The second-order valence-corrected chi connectivity index (χ2v) is 7.85. The molecular weight excluding hydrogens is 418 g/mol. The average Bonchev–Trinajstić information content (AvgIpc) is 3.47. The summed E-state index contributed by atoms with van der Waals surface area (Å²) in [5, 5.41) is 15.7. The van der Waals surface area contributed by atoms with Gasteiger partial charge in [-0.25, -0.2) is 4.98 Å². The molecule has 3 N–H and O–H groups in total. The van der Waals surface area contributed by atoms with E-state index in [1.165, 1.54) is 0 Å². The zero-order valence-corrected chi connectivity index (χ0v) is 17.8. The number of H-pyrrole nitrogens is 1. The van der Waals surface area contributed by atoms with Crippen LogP contribution in [0.5, 0.6) is 0 Å². The van der Waals surface area contributed by atoms with E-state index >= 15 is 0 Å². The fraction of sp³-hybridized carbons (Fsp3) is 0.364. The molecule has 1 aliphatic rings. The number of carbonyl (C=O) groups is 1. The van der Waals surface area contributed by atoms with E-state index in [4.69, 9.17) is 19.3 Å². The molecule has 0 aliphatic carbocycles. The van der Waals surface area contributed by atoms with Gasteiger partial charge in [0.2, 0.25) is 6.29 Å². The Morgan fingerprint density at radius 1 is 1.29 bits per heavy atom. The molecular formula is C22H25N3O5S. The molecule has 3 heterocycles. The Balaban J connectivity index is 1.39. The maximum Gasteiger partial charge on any atom is 0.286 e. The van der Waals surface area contributed by atoms with Crippen LogP contribution in [0.2, 0.25) is 0 Å². The molecule has 0 bridgehead atoms. The van der Waals surface area contributed by atoms with Crippen molar-refractivity contribution in [2.45, 2.75) is 25.2 Å². The van der Waals surface area contributed by atoms with Crippen LogP contribution in [-0.4, -0.2) is 53.7 Å². The Morgan fingerprint density at radius 2 is 2.19 bits per heavy atom. The van der Waals surface area contributed by atoms with E-state index in [0.717, 1.165) is 16.6 Å². The van der Waals surface area contributed by atoms with Crippen LogP contribution in [-0.2, 0) is 25.5 Å². The van der Waals surface area contributed by atoms with Gasteiger partial charge in [-0.15, -0.1) is 0 Å². The number of hydrogen-bond acceptors (Lipinski definition) is 7. The highest BCUT2D eigenvalue weighted by Crippen LogP contribution is 2.32. The number of rotatable bonds is 10. The van der Waals surface area contributed by atoms with Crippen molar-refractivity contribution in [3.63, 3.8) is 0 Å². The Morgan fingerprint density at radius 3 is 3.00 bits per heavy atom. The Bertz CT molecular complexity index is 984. The standard InChI is InChI=1S/C22H25N3O5S/c26-6-7-28-8-9-29-21-12-16(15-5-10-31-14-15)11-19(30-21)22(27)23-13-20-24-17-3-1-2-4-18(17)25-20/h1-5,10-11,14,16,21,26H,6-9,12-13H2,(H,23,27)(H,24,25)/t16-,21+/m0/s1. The second-order valence-electron chi connectivity index (χ2n) is 7.07. The molecule has 0 radical (unpaired) electrons. The van der Waals surface area contributed by atoms with Gasteiger partial charge in [0.05, 0.1) is 44.0 Å². The van der Waals surface area contributed by atoms with Gasteiger partial charge in [0.25, 0.3) is 5.91 Å². The molecule has 8 nitrogen and oxygen atoms in total. The Hall–Kier alpha value is -2.72. The third-order valence-corrected chi connectivity index (χ3v) is 5.58. The highest BCUT2D eigenvalue weighted by molar-refractivity contribution is 7.08. The summed E-state index contributed by atoms with van der Waals surface area (Å²) >= 11 is 1.61. The number of fused-ring (bicyclic) bond motifs is 1. The number of aromatic amines is 1. The number of nitrogens with zero attached hydrogens (tertiary/aromatic N) is 1. The van der Waals surface area contributed by atoms with Gasteiger partial charge in [-0.05, 0) is 40.6 Å². The molecule has 164 valence electrons. The molecule has 0 saturated carbocycles. The van der Waals surface area contributed by atoms with Gasteiger partial charge >= 0.3 is 0 Å². The minimum absolute atomic E-state index is 0.0234. The van der Waals surface area contributed by atoms with Gasteiger partial charge in [0.15, 0.2) is 5.76 Å². The van der Waals surface area contributed by atoms with Gasteiger partial charge in [0.1, 0.15) is 5.82 Å². The number of para-hydroxylation sites is 2. The number of ether oxygens (including phenoxy) is 3. The van der Waals surface area contributed by atoms with Crippen molar-refractivity contribution in [3.8, 4) is 0 Å². The second kappa shape index (κ2) is 10.5. The molecule has 0 saturated heterocycles. The predicted octanol–water partition coefficient (Wildman–Crippen LogP) is 2.68. The molecule has 2 aromatic heterocycles. The first-order chi connectivity index (χ1) is 15.2. The van der Waals surface area contributed by atoms with Gasteiger partial charge in [-0.1, -0.05) is 12.1 Å². The fourth-order valence-corrected chi connectivity index (χ4v) is 4.11. The third-order valence-electron chi connectivity index (χ3n) is 4.87. The number of nitrogens with one attached hydrogen (secondary N) is 2. The summed E-state index contributed by atoms with van der Waals surface area (Å²) in [5.41, 5.74) is 2.91. The first-order valence-electron chi connectivity index (χ1n) is 10.2. The van der Waals surface area contributed by atoms with E-state index in [9.17, 15) is 4.79 Å². The van der Waals surface area contributed by atoms with Crippen LogP contribution >= 0.6 is 11.3 Å². The van der Waals surface area contributed by atoms with Crippen molar-refractivity contribution >= 4 is 28.3 Å². The van der Waals surface area contributed by atoms with Crippen molar-refractivity contribution in [3.05, 3.63) is 64.3 Å². The molecule has 1 aliphatic heterocycles. The molecule has 0 unspecified atom stereocenters. The first-order valence-corrected chi connectivity index (χ1v) is 11.1. The molecule has 31 heavy (non-hydrogen) atoms. The number of thiophene rings is 1. The predicted molar refractivity (Wildman–Crippen MR) is 116 cm³/mol. The van der Waals surface area contributed by atoms with E-state index in [-0.39, 0.29) is 37.3 Å². The lowest BCUT2D eigenvalue weighted by molar-refractivity contribution is -0.151. The van der Waals surface area contributed by atoms with E-state index in [1.807, 2.05) is 41.8 Å². The van der Waals surface area contributed by atoms with Crippen LogP contribution in [0.3, 0.4) is 0 Å². The topological polar surface area (TPSA) is 106 Å². The minimum atomic E-state index is -0.556. The van der Waals surface area contributed by atoms with Crippen LogP contribution in [0.15, 0.2) is 52.9 Å². The van der Waals surface area contributed by atoms with E-state index < -0.39 is 6.29 Å². The summed E-state index contributed by atoms with van der Waals surface area (Å²) in [4.78, 5) is 20.5. The van der Waals surface area contributed by atoms with Gasteiger partial charge in [-0.2, -0.15) is 11.3 Å². The lowest BCUT2D eigenvalue weighted by Gasteiger charge is -2.28. The molecule has 4 rings (SSSR count). The lowest BCUT2D eigenvalue weighted by atomic mass is 9.95. The number of aliphatic hydroxyl groups is 1. The van der Waals surface area contributed by atoms with Gasteiger partial charge in [0, 0.05) is 12.3 Å². The first kappa shape index (κ1) is 21.5. The van der Waals surface area contributed by atoms with E-state index in [2.05, 4.69) is 20.7 Å². The van der Waals surface area contributed by atoms with Crippen molar-refractivity contribution in [1.29, 1.82) is 0 Å². The molecule has 1 aromatic carbocycles. The summed E-state index contributed by atoms with van der Waals surface area (Å²) in [6, 6.07) is 9.76. The van der Waals surface area contributed by atoms with Crippen molar-refractivity contribution in [2.75, 3.05) is 26.4 Å². The van der Waals surface area contributed by atoms with Crippen LogP contribution in [0.4, 0.5) is 0 Å². The molecule has 0 fully saturated rings. The molecule has 3 aromatic rings. The smallest absolute Gasteiger partial charge is 0.286 e. The number of hydrogen-bond donors (Lipinski definition) is 3. The van der Waals surface area contributed by atoms with E-state index in [0.29, 0.717) is 25.5 Å². The zero-order valence-electron chi connectivity index (χ0n) is 17.0. The SMILES string of the molecule is O=C(NCc1nc2ccccc2[nH]1)C1=C[C@H](c2ccsc2)C[C@H](OCCOCCO)O1. The summed E-state index contributed by atoms with van der Waals surface area (Å²) in [6.07, 6.45) is 1.90. The van der Waals surface area contributed by atoms with E-state index in [1.54, 1.807) is 11.3 Å². The van der Waals surface area contributed by atoms with Gasteiger partial charge < -0.3 is 29.6 Å². The largest absolute Gasteiger partial charge is 0.459 e. The fourth-order valence-electron chi connectivity index (χ4n) is 3.38. The molecule has 0 spiro atoms. The molecule has 2 atom stereocenters. The zero-order chi connectivity index (χ0) is 21.5. The summed E-state index contributed by atoms with van der Waals surface area (Å²) in [5.74, 6) is 0.620. The minimum Gasteiger partial charge on any atom is -0.459 e. The average molecular weight is 444 g/mol. The van der Waals surface area contributed by atoms with Crippen molar-refractivity contribution < 1.29 is 24.1 Å². The van der Waals surface area contributed by atoms with Crippen molar-refractivity contribution in [1.82, 2.24) is 15.3 Å². The van der Waals surface area contributed by atoms with Gasteiger partial charge in [-0.3, -0.25) is 4.79 Å². The number of allylic oxidation sites excluding steroid dienone is 1. The summed E-state index contributed by atoms with van der Waals surface area (Å²) in [7, 11) is 0. The van der Waals surface area contributed by atoms with Crippen LogP contribution in [0.25, 0.3) is 11.0 Å². The lowest BCUT2D eigenvalue weighted by Crippen LogP contribution is -2.33. The van der Waals surface area contributed by atoms with Crippen LogP contribution in [0.1, 0.15) is 23.7 Å². The van der Waals surface area contributed by atoms with Crippen LogP contribution < -0.4 is 5.32 Å². The maximum absolute atomic E-state index is 12.8. The number of amides is 1. The summed E-state index contributed by atoms with van der Waals surface area (Å²) in [6.45, 7) is 1.16.